The smallest absolute Gasteiger partial charge is 0.336 e. The zero-order chi connectivity index (χ0) is 27.4. The zero-order valence-corrected chi connectivity index (χ0v) is 21.5. The quantitative estimate of drug-likeness (QED) is 0.194. The summed E-state index contributed by atoms with van der Waals surface area (Å²) in [5, 5.41) is 4.33. The largest absolute Gasteiger partial charge is 0.399 e. The number of nitrogens with one attached hydrogen (secondary N) is 2. The van der Waals surface area contributed by atoms with E-state index in [2.05, 4.69) is 10.6 Å². The van der Waals surface area contributed by atoms with Gasteiger partial charge in [-0.05, 0) is 56.7 Å². The number of halogens is 8. The van der Waals surface area contributed by atoms with Crippen LogP contribution in [0.3, 0.4) is 0 Å². The van der Waals surface area contributed by atoms with Crippen LogP contribution in [0, 0.1) is 0 Å². The second-order valence-corrected chi connectivity index (χ2v) is 9.76. The number of amides is 2. The van der Waals surface area contributed by atoms with Gasteiger partial charge in [-0.15, -0.1) is 0 Å². The van der Waals surface area contributed by atoms with Gasteiger partial charge in [-0.1, -0.05) is 46.9 Å². The summed E-state index contributed by atoms with van der Waals surface area (Å²) in [6, 6.07) is 6.58. The van der Waals surface area contributed by atoms with E-state index in [1.165, 1.54) is 32.9 Å². The molecule has 36 heavy (non-hydrogen) atoms. The highest BCUT2D eigenvalue weighted by Gasteiger charge is 2.40. The van der Waals surface area contributed by atoms with Gasteiger partial charge in [0.1, 0.15) is 17.4 Å². The number of carbonyl (C=O) groups excluding carboxylic acids is 2. The van der Waals surface area contributed by atoms with Crippen LogP contribution in [0.1, 0.15) is 54.6 Å². The third-order valence-corrected chi connectivity index (χ3v) is 5.96. The molecule has 2 aromatic rings. The molecule has 2 unspecified atom stereocenters. The molecule has 0 aromatic heterocycles. The van der Waals surface area contributed by atoms with Crippen LogP contribution >= 0.6 is 34.8 Å². The van der Waals surface area contributed by atoms with E-state index >= 15 is 0 Å². The highest BCUT2D eigenvalue weighted by molar-refractivity contribution is 6.48. The average molecular weight is 572 g/mol. The van der Waals surface area contributed by atoms with Crippen molar-refractivity contribution in [3.05, 3.63) is 74.2 Å². The van der Waals surface area contributed by atoms with Crippen molar-refractivity contribution in [1.29, 1.82) is 0 Å². The molecule has 12 heteroatoms. The van der Waals surface area contributed by atoms with Crippen LogP contribution in [0.2, 0.25) is 15.1 Å². The lowest BCUT2D eigenvalue weighted by molar-refractivity contribution is -0.139. The molecule has 0 heterocycles. The maximum Gasteiger partial charge on any atom is 0.399 e. The Morgan fingerprint density at radius 2 is 1.44 bits per heavy atom. The molecule has 0 aliphatic rings. The minimum absolute atomic E-state index is 0.0575. The van der Waals surface area contributed by atoms with Crippen molar-refractivity contribution >= 4 is 52.4 Å². The Kier molecular flexibility index (Phi) is 9.78. The molecule has 196 valence electrons. The lowest BCUT2D eigenvalue weighted by Crippen LogP contribution is -2.47. The van der Waals surface area contributed by atoms with Gasteiger partial charge in [0.15, 0.2) is 0 Å². The predicted octanol–water partition coefficient (Wildman–Crippen LogP) is 7.63. The summed E-state index contributed by atoms with van der Waals surface area (Å²) in [4.78, 5) is 24.1. The van der Waals surface area contributed by atoms with Crippen molar-refractivity contribution in [2.45, 2.75) is 51.1 Å². The first kappa shape index (κ1) is 29.9. The number of rotatable bonds is 8. The normalized spacial score (nSPS) is 14.2. The van der Waals surface area contributed by atoms with Crippen molar-refractivity contribution in [2.75, 3.05) is 0 Å². The first-order valence-electron chi connectivity index (χ1n) is 10.5. The van der Waals surface area contributed by atoms with Crippen LogP contribution < -0.4 is 10.6 Å². The molecular formula is C24H22Cl3F5N2O2. The van der Waals surface area contributed by atoms with Gasteiger partial charge in [0.05, 0.1) is 27.7 Å². The van der Waals surface area contributed by atoms with Crippen LogP contribution in [-0.4, -0.2) is 29.8 Å². The molecule has 2 aromatic carbocycles. The van der Waals surface area contributed by atoms with E-state index in [0.717, 1.165) is 24.3 Å². The predicted molar refractivity (Wildman–Crippen MR) is 131 cm³/mol. The minimum Gasteiger partial charge on any atom is -0.336 e. The van der Waals surface area contributed by atoms with E-state index < -0.39 is 53.6 Å². The SMILES string of the molecule is CC(NC(=O)CC(C)(C)F)NC(=O)c1ccc(/C(F)=C/C(c2cc(Cl)c(Cl)c(Cl)c2)C(F)(F)F)cc1. The topological polar surface area (TPSA) is 58.2 Å². The third kappa shape index (κ3) is 8.64. The van der Waals surface area contributed by atoms with E-state index in [0.29, 0.717) is 6.08 Å². The van der Waals surface area contributed by atoms with Gasteiger partial charge < -0.3 is 10.6 Å². The standard InChI is InChI=1S/C24H22Cl3F5N2O2/c1-12(33-20(35)11-23(2,3)29)34-22(36)14-6-4-13(5-7-14)19(28)10-16(24(30,31)32)15-8-17(25)21(27)18(26)9-15/h4-10,12,16H,11H2,1-3H3,(H,33,35)(H,34,36)/b19-10-. The van der Waals surface area contributed by atoms with Crippen LogP contribution in [0.4, 0.5) is 22.0 Å². The molecule has 0 saturated heterocycles. The summed E-state index contributed by atoms with van der Waals surface area (Å²) >= 11 is 17.4. The number of hydrogen-bond donors (Lipinski definition) is 2. The van der Waals surface area contributed by atoms with Crippen molar-refractivity contribution < 1.29 is 31.5 Å². The van der Waals surface area contributed by atoms with Gasteiger partial charge >= 0.3 is 6.18 Å². The number of alkyl halides is 4. The van der Waals surface area contributed by atoms with Crippen LogP contribution in [0.25, 0.3) is 5.83 Å². The third-order valence-electron chi connectivity index (χ3n) is 4.76. The highest BCUT2D eigenvalue weighted by Crippen LogP contribution is 2.42. The number of allylic oxidation sites excluding steroid dienone is 1. The Morgan fingerprint density at radius 1 is 0.944 bits per heavy atom. The van der Waals surface area contributed by atoms with E-state index in [1.54, 1.807) is 0 Å². The Balaban J connectivity index is 2.18. The van der Waals surface area contributed by atoms with Gasteiger partial charge in [0.2, 0.25) is 5.91 Å². The van der Waals surface area contributed by atoms with Crippen LogP contribution in [0.15, 0.2) is 42.5 Å². The van der Waals surface area contributed by atoms with Gasteiger partial charge in [-0.25, -0.2) is 8.78 Å². The fourth-order valence-corrected chi connectivity index (χ4v) is 3.76. The average Bonchev–Trinajstić information content (AvgIpc) is 2.73. The number of hydrogen-bond acceptors (Lipinski definition) is 2. The molecule has 2 N–H and O–H groups in total. The lowest BCUT2D eigenvalue weighted by Gasteiger charge is -2.19. The Labute approximate surface area is 219 Å². The zero-order valence-electron chi connectivity index (χ0n) is 19.2. The molecule has 0 saturated carbocycles. The minimum atomic E-state index is -4.87. The van der Waals surface area contributed by atoms with E-state index in [-0.39, 0.29) is 26.2 Å². The van der Waals surface area contributed by atoms with Crippen molar-refractivity contribution in [3.63, 3.8) is 0 Å². The molecule has 2 rings (SSSR count). The Morgan fingerprint density at radius 3 is 1.92 bits per heavy atom. The van der Waals surface area contributed by atoms with Crippen molar-refractivity contribution in [2.24, 2.45) is 0 Å². The molecular weight excluding hydrogens is 550 g/mol. The second-order valence-electron chi connectivity index (χ2n) is 8.57. The van der Waals surface area contributed by atoms with Crippen LogP contribution in [0.5, 0.6) is 0 Å². The summed E-state index contributed by atoms with van der Waals surface area (Å²) in [5.74, 6) is -4.82. The summed E-state index contributed by atoms with van der Waals surface area (Å²) in [6.45, 7) is 3.94. The maximum absolute atomic E-state index is 14.8. The van der Waals surface area contributed by atoms with Gasteiger partial charge in [-0.2, -0.15) is 13.2 Å². The van der Waals surface area contributed by atoms with Gasteiger partial charge in [0.25, 0.3) is 5.91 Å². The molecule has 0 bridgehead atoms. The number of carbonyl (C=O) groups is 2. The summed E-state index contributed by atoms with van der Waals surface area (Å²) in [7, 11) is 0. The maximum atomic E-state index is 14.8. The fourth-order valence-electron chi connectivity index (χ4n) is 3.15. The lowest BCUT2D eigenvalue weighted by atomic mass is 9.96. The molecule has 0 spiro atoms. The van der Waals surface area contributed by atoms with E-state index in [1.807, 2.05) is 0 Å². The monoisotopic (exact) mass is 570 g/mol. The summed E-state index contributed by atoms with van der Waals surface area (Å²) < 4.78 is 69.4. The second kappa shape index (κ2) is 11.8. The van der Waals surface area contributed by atoms with Crippen molar-refractivity contribution in [3.8, 4) is 0 Å². The molecule has 0 radical (unpaired) electrons. The van der Waals surface area contributed by atoms with E-state index in [9.17, 15) is 31.5 Å². The van der Waals surface area contributed by atoms with Crippen molar-refractivity contribution in [1.82, 2.24) is 10.6 Å². The highest BCUT2D eigenvalue weighted by atomic mass is 35.5. The fraction of sp³-hybridized carbons (Fsp3) is 0.333. The molecule has 4 nitrogen and oxygen atoms in total. The molecule has 0 fully saturated rings. The van der Waals surface area contributed by atoms with Crippen LogP contribution in [-0.2, 0) is 4.79 Å². The van der Waals surface area contributed by atoms with E-state index in [4.69, 9.17) is 34.8 Å². The Bertz CT molecular complexity index is 1120. The number of benzene rings is 2. The molecule has 2 amide bonds. The van der Waals surface area contributed by atoms with Gasteiger partial charge in [0, 0.05) is 11.1 Å². The first-order chi connectivity index (χ1) is 16.5. The molecule has 2 atom stereocenters. The first-order valence-corrected chi connectivity index (χ1v) is 11.6. The Hall–Kier alpha value is -2.36. The summed E-state index contributed by atoms with van der Waals surface area (Å²) in [6.07, 6.45) is -5.74. The molecule has 0 aliphatic carbocycles. The molecule has 0 aliphatic heterocycles. The summed E-state index contributed by atoms with van der Waals surface area (Å²) in [5.41, 5.74) is -2.28. The van der Waals surface area contributed by atoms with Gasteiger partial charge in [-0.3, -0.25) is 9.59 Å².